The Hall–Kier alpha value is -3.26. The molecule has 1 aliphatic heterocycles. The molecule has 1 unspecified atom stereocenters. The van der Waals surface area contributed by atoms with Crippen LogP contribution in [0.15, 0.2) is 53.6 Å². The third-order valence-electron chi connectivity index (χ3n) is 4.55. The molecule has 1 aromatic heterocycles. The minimum absolute atomic E-state index is 0.0623. The predicted molar refractivity (Wildman–Crippen MR) is 109 cm³/mol. The highest BCUT2D eigenvalue weighted by Gasteiger charge is 2.28. The second-order valence-electron chi connectivity index (χ2n) is 6.46. The molecule has 4 rings (SSSR count). The first-order chi connectivity index (χ1) is 14.0. The van der Waals surface area contributed by atoms with E-state index < -0.39 is 5.82 Å². The van der Waals surface area contributed by atoms with Crippen LogP contribution in [0, 0.1) is 17.1 Å². The minimum Gasteiger partial charge on any atom is -0.495 e. The van der Waals surface area contributed by atoms with Gasteiger partial charge in [0.15, 0.2) is 11.6 Å². The Kier molecular flexibility index (Phi) is 5.26. The van der Waals surface area contributed by atoms with Gasteiger partial charge in [-0.05, 0) is 30.4 Å². The summed E-state index contributed by atoms with van der Waals surface area (Å²) >= 11 is 6.12. The number of allylic oxidation sites excluding steroid dienone is 3. The van der Waals surface area contributed by atoms with E-state index in [-0.39, 0.29) is 17.7 Å². The van der Waals surface area contributed by atoms with Gasteiger partial charge in [-0.3, -0.25) is 0 Å². The smallest absolute Gasteiger partial charge is 0.229 e. The maximum atomic E-state index is 14.2. The van der Waals surface area contributed by atoms with Crippen LogP contribution in [0.25, 0.3) is 0 Å². The zero-order valence-electron chi connectivity index (χ0n) is 15.4. The lowest BCUT2D eigenvalue weighted by molar-refractivity contribution is 0.304. The lowest BCUT2D eigenvalue weighted by atomic mass is 9.87. The fraction of sp³-hybridized carbons (Fsp3) is 0.200. The molecule has 0 radical (unpaired) electrons. The summed E-state index contributed by atoms with van der Waals surface area (Å²) in [6.07, 6.45) is 7.03. The van der Waals surface area contributed by atoms with Gasteiger partial charge >= 0.3 is 0 Å². The first-order valence-corrected chi connectivity index (χ1v) is 9.22. The number of hydrogen-bond donors (Lipinski definition) is 2. The molecule has 9 heteroatoms. The number of rotatable bonds is 4. The predicted octanol–water partition coefficient (Wildman–Crippen LogP) is 4.95. The van der Waals surface area contributed by atoms with E-state index in [1.165, 1.54) is 13.4 Å². The van der Waals surface area contributed by atoms with Crippen molar-refractivity contribution in [1.82, 2.24) is 9.97 Å². The number of aromatic nitrogens is 2. The van der Waals surface area contributed by atoms with E-state index in [0.717, 1.165) is 17.7 Å². The monoisotopic (exact) mass is 413 g/mol. The van der Waals surface area contributed by atoms with Gasteiger partial charge in [-0.15, -0.1) is 0 Å². The van der Waals surface area contributed by atoms with E-state index in [0.29, 0.717) is 35.0 Å². The van der Waals surface area contributed by atoms with E-state index in [9.17, 15) is 4.39 Å². The van der Waals surface area contributed by atoms with E-state index in [1.54, 1.807) is 24.3 Å². The second kappa shape index (κ2) is 8.00. The van der Waals surface area contributed by atoms with Gasteiger partial charge in [-0.2, -0.15) is 4.98 Å². The number of ether oxygens (including phenoxy) is 2. The van der Waals surface area contributed by atoms with E-state index >= 15 is 0 Å². The first kappa shape index (κ1) is 19.1. The Morgan fingerprint density at radius 3 is 3.07 bits per heavy atom. The maximum absolute atomic E-state index is 14.2. The molecule has 0 fully saturated rings. The average molecular weight is 414 g/mol. The van der Waals surface area contributed by atoms with Gasteiger partial charge in [0, 0.05) is 30.0 Å². The van der Waals surface area contributed by atoms with Crippen LogP contribution in [-0.2, 0) is 4.74 Å². The second-order valence-corrected chi connectivity index (χ2v) is 6.87. The molecule has 0 bridgehead atoms. The standard InChI is InChI=1S/C20H17ClFN5O2/c1-28-18-5-3-12(9-14(18)21)26-20-24-10-15(22)19(27-20)25-11-2-4-17-13(8-11)16(23)6-7-29-17/h3-7,9-10,13,23H,2,8H2,1H3,(H,24,26,27). The summed E-state index contributed by atoms with van der Waals surface area (Å²) in [5.74, 6) is 0.583. The highest BCUT2D eigenvalue weighted by Crippen LogP contribution is 2.31. The van der Waals surface area contributed by atoms with Crippen LogP contribution >= 0.6 is 11.6 Å². The van der Waals surface area contributed by atoms with Crippen LogP contribution in [0.4, 0.5) is 21.8 Å². The number of fused-ring (bicyclic) bond motifs is 1. The third kappa shape index (κ3) is 4.12. The summed E-state index contributed by atoms with van der Waals surface area (Å²) in [6, 6.07) is 5.11. The van der Waals surface area contributed by atoms with Crippen molar-refractivity contribution < 1.29 is 13.9 Å². The van der Waals surface area contributed by atoms with Crippen LogP contribution in [0.2, 0.25) is 5.02 Å². The highest BCUT2D eigenvalue weighted by atomic mass is 35.5. The number of nitrogens with one attached hydrogen (secondary N) is 2. The lowest BCUT2D eigenvalue weighted by Crippen LogP contribution is -2.25. The van der Waals surface area contributed by atoms with Crippen molar-refractivity contribution in [1.29, 1.82) is 5.41 Å². The summed E-state index contributed by atoms with van der Waals surface area (Å²) in [5, 5.41) is 11.4. The van der Waals surface area contributed by atoms with Gasteiger partial charge in [-0.1, -0.05) is 11.6 Å². The fourth-order valence-electron chi connectivity index (χ4n) is 3.09. The topological polar surface area (TPSA) is 92.5 Å². The molecule has 0 amide bonds. The zero-order valence-corrected chi connectivity index (χ0v) is 16.2. The minimum atomic E-state index is -0.625. The number of anilines is 2. The molecule has 2 N–H and O–H groups in total. The number of methoxy groups -OCH3 is 1. The van der Waals surface area contributed by atoms with Crippen molar-refractivity contribution in [2.75, 3.05) is 12.4 Å². The molecule has 1 aliphatic carbocycles. The van der Waals surface area contributed by atoms with Crippen molar-refractivity contribution in [2.45, 2.75) is 12.8 Å². The molecular formula is C20H17ClFN5O2. The maximum Gasteiger partial charge on any atom is 0.229 e. The number of nitrogens with zero attached hydrogens (tertiary/aromatic N) is 3. The molecule has 1 aromatic carbocycles. The van der Waals surface area contributed by atoms with Gasteiger partial charge in [0.25, 0.3) is 0 Å². The molecule has 0 spiro atoms. The van der Waals surface area contributed by atoms with Gasteiger partial charge in [0.1, 0.15) is 11.5 Å². The Bertz CT molecular complexity index is 1070. The Labute approximate surface area is 171 Å². The quantitative estimate of drug-likeness (QED) is 0.739. The Morgan fingerprint density at radius 1 is 1.41 bits per heavy atom. The zero-order chi connectivity index (χ0) is 20.4. The van der Waals surface area contributed by atoms with Crippen molar-refractivity contribution in [3.05, 3.63) is 59.4 Å². The van der Waals surface area contributed by atoms with Crippen molar-refractivity contribution in [2.24, 2.45) is 10.9 Å². The third-order valence-corrected chi connectivity index (χ3v) is 4.84. The van der Waals surface area contributed by atoms with Crippen LogP contribution in [0.3, 0.4) is 0 Å². The van der Waals surface area contributed by atoms with Gasteiger partial charge in [0.2, 0.25) is 5.95 Å². The molecule has 2 heterocycles. The lowest BCUT2D eigenvalue weighted by Gasteiger charge is -2.26. The average Bonchev–Trinajstić information content (AvgIpc) is 2.71. The molecule has 2 aromatic rings. The van der Waals surface area contributed by atoms with Crippen LogP contribution in [0.1, 0.15) is 12.8 Å². The normalized spacial score (nSPS) is 19.4. The van der Waals surface area contributed by atoms with Crippen molar-refractivity contribution >= 4 is 40.5 Å². The number of hydrogen-bond acceptors (Lipinski definition) is 7. The van der Waals surface area contributed by atoms with Gasteiger partial charge in [-0.25, -0.2) is 14.4 Å². The molecule has 7 nitrogen and oxygen atoms in total. The summed E-state index contributed by atoms with van der Waals surface area (Å²) < 4.78 is 24.8. The first-order valence-electron chi connectivity index (χ1n) is 8.84. The summed E-state index contributed by atoms with van der Waals surface area (Å²) in [4.78, 5) is 12.5. The van der Waals surface area contributed by atoms with Crippen molar-refractivity contribution in [3.63, 3.8) is 0 Å². The summed E-state index contributed by atoms with van der Waals surface area (Å²) in [6.45, 7) is 0. The molecule has 2 aliphatic rings. The molecule has 148 valence electrons. The summed E-state index contributed by atoms with van der Waals surface area (Å²) in [5.41, 5.74) is 1.79. The van der Waals surface area contributed by atoms with Crippen LogP contribution < -0.4 is 10.1 Å². The van der Waals surface area contributed by atoms with Crippen LogP contribution in [0.5, 0.6) is 5.75 Å². The molecule has 29 heavy (non-hydrogen) atoms. The Balaban J connectivity index is 1.56. The summed E-state index contributed by atoms with van der Waals surface area (Å²) in [7, 11) is 1.53. The fourth-order valence-corrected chi connectivity index (χ4v) is 3.34. The number of aliphatic imine (C=N–C) groups is 1. The van der Waals surface area contributed by atoms with Crippen molar-refractivity contribution in [3.8, 4) is 5.75 Å². The molecule has 0 saturated carbocycles. The molecule has 1 atom stereocenters. The van der Waals surface area contributed by atoms with Gasteiger partial charge in [0.05, 0.1) is 30.5 Å². The van der Waals surface area contributed by atoms with Gasteiger partial charge < -0.3 is 20.2 Å². The largest absolute Gasteiger partial charge is 0.495 e. The highest BCUT2D eigenvalue weighted by molar-refractivity contribution is 6.32. The van der Waals surface area contributed by atoms with E-state index in [1.807, 2.05) is 6.08 Å². The van der Waals surface area contributed by atoms with Crippen LogP contribution in [-0.4, -0.2) is 28.5 Å². The van der Waals surface area contributed by atoms with E-state index in [2.05, 4.69) is 20.3 Å². The number of benzene rings is 1. The number of halogens is 2. The molecule has 0 saturated heterocycles. The molecular weight excluding hydrogens is 397 g/mol. The Morgan fingerprint density at radius 2 is 2.28 bits per heavy atom. The van der Waals surface area contributed by atoms with E-state index in [4.69, 9.17) is 26.5 Å². The SMILES string of the molecule is COc1ccc(Nc2ncc(F)c(N=C3CC=C4OC=CC(=N)C4C3)n2)cc1Cl.